The van der Waals surface area contributed by atoms with E-state index >= 15 is 0 Å². The molecule has 1 saturated carbocycles. The van der Waals surface area contributed by atoms with E-state index < -0.39 is 0 Å². The molecule has 1 fully saturated rings. The monoisotopic (exact) mass is 241 g/mol. The zero-order valence-corrected chi connectivity index (χ0v) is 10.7. The van der Waals surface area contributed by atoms with E-state index in [1.165, 1.54) is 12.8 Å². The van der Waals surface area contributed by atoms with Crippen LogP contribution in [0.2, 0.25) is 0 Å². The van der Waals surface area contributed by atoms with Gasteiger partial charge in [0.15, 0.2) is 0 Å². The molecule has 1 atom stereocenters. The lowest BCUT2D eigenvalue weighted by atomic mass is 10.1. The molecule has 0 amide bonds. The zero-order valence-electron chi connectivity index (χ0n) is 10.7. The summed E-state index contributed by atoms with van der Waals surface area (Å²) in [5.74, 6) is 2.61. The lowest BCUT2D eigenvalue weighted by Crippen LogP contribution is -2.11. The second kappa shape index (κ2) is 4.84. The third-order valence-electron chi connectivity index (χ3n) is 3.66. The van der Waals surface area contributed by atoms with Gasteiger partial charge in [-0.3, -0.25) is 0 Å². The minimum Gasteiger partial charge on any atom is -0.326 e. The van der Waals surface area contributed by atoms with Crippen molar-refractivity contribution in [3.05, 3.63) is 42.7 Å². The van der Waals surface area contributed by atoms with Crippen LogP contribution in [0.15, 0.2) is 42.7 Å². The van der Waals surface area contributed by atoms with Crippen molar-refractivity contribution in [2.24, 2.45) is 11.8 Å². The van der Waals surface area contributed by atoms with Gasteiger partial charge >= 0.3 is 0 Å². The highest BCUT2D eigenvalue weighted by Crippen LogP contribution is 2.37. The SMILES string of the molecule is CC(Cn1ccnc1Nc1ccccc1)C1CC1. The van der Waals surface area contributed by atoms with Crippen LogP contribution in [-0.4, -0.2) is 9.55 Å². The Kier molecular flexibility index (Phi) is 3.05. The summed E-state index contributed by atoms with van der Waals surface area (Å²) in [4.78, 5) is 4.40. The second-order valence-electron chi connectivity index (χ2n) is 5.21. The topological polar surface area (TPSA) is 29.9 Å². The summed E-state index contributed by atoms with van der Waals surface area (Å²) in [7, 11) is 0. The molecule has 3 heteroatoms. The minimum absolute atomic E-state index is 0.746. The fraction of sp³-hybridized carbons (Fsp3) is 0.400. The van der Waals surface area contributed by atoms with E-state index in [0.717, 1.165) is 30.0 Å². The molecule has 3 nitrogen and oxygen atoms in total. The predicted molar refractivity (Wildman–Crippen MR) is 73.8 cm³/mol. The van der Waals surface area contributed by atoms with Gasteiger partial charge in [0.1, 0.15) is 0 Å². The number of anilines is 2. The van der Waals surface area contributed by atoms with Crippen molar-refractivity contribution in [2.75, 3.05) is 5.32 Å². The maximum Gasteiger partial charge on any atom is 0.207 e. The molecule has 0 spiro atoms. The number of hydrogen-bond donors (Lipinski definition) is 1. The summed E-state index contributed by atoms with van der Waals surface area (Å²) in [6, 6.07) is 10.2. The van der Waals surface area contributed by atoms with Gasteiger partial charge in [0.2, 0.25) is 5.95 Å². The van der Waals surface area contributed by atoms with Crippen LogP contribution in [0.4, 0.5) is 11.6 Å². The van der Waals surface area contributed by atoms with Crippen LogP contribution in [-0.2, 0) is 6.54 Å². The van der Waals surface area contributed by atoms with Crippen molar-refractivity contribution in [2.45, 2.75) is 26.3 Å². The van der Waals surface area contributed by atoms with Gasteiger partial charge in [0, 0.05) is 24.6 Å². The largest absolute Gasteiger partial charge is 0.326 e. The van der Waals surface area contributed by atoms with Gasteiger partial charge in [0.05, 0.1) is 0 Å². The lowest BCUT2D eigenvalue weighted by Gasteiger charge is -2.14. The molecule has 1 N–H and O–H groups in total. The zero-order chi connectivity index (χ0) is 12.4. The highest BCUT2D eigenvalue weighted by Gasteiger charge is 2.28. The Morgan fingerprint density at radius 1 is 1.33 bits per heavy atom. The minimum atomic E-state index is 0.746. The van der Waals surface area contributed by atoms with Crippen LogP contribution in [0.5, 0.6) is 0 Å². The molecule has 2 aromatic rings. The van der Waals surface area contributed by atoms with Gasteiger partial charge < -0.3 is 9.88 Å². The van der Waals surface area contributed by atoms with E-state index in [0.29, 0.717) is 0 Å². The molecular weight excluding hydrogens is 222 g/mol. The van der Waals surface area contributed by atoms with Gasteiger partial charge in [-0.05, 0) is 36.8 Å². The van der Waals surface area contributed by atoms with E-state index in [9.17, 15) is 0 Å². The summed E-state index contributed by atoms with van der Waals surface area (Å²) in [6.45, 7) is 3.39. The average molecular weight is 241 g/mol. The number of nitrogens with zero attached hydrogens (tertiary/aromatic N) is 2. The number of para-hydroxylation sites is 1. The average Bonchev–Trinajstić information content (AvgIpc) is 3.16. The van der Waals surface area contributed by atoms with Crippen LogP contribution >= 0.6 is 0 Å². The number of rotatable bonds is 5. The summed E-state index contributed by atoms with van der Waals surface area (Å²) in [6.07, 6.45) is 6.73. The van der Waals surface area contributed by atoms with Crippen LogP contribution in [0.3, 0.4) is 0 Å². The molecule has 94 valence electrons. The number of aromatic nitrogens is 2. The molecule has 1 aliphatic rings. The molecule has 0 bridgehead atoms. The normalized spacial score (nSPS) is 16.5. The van der Waals surface area contributed by atoms with Crippen LogP contribution < -0.4 is 5.32 Å². The Morgan fingerprint density at radius 2 is 2.11 bits per heavy atom. The maximum atomic E-state index is 4.40. The van der Waals surface area contributed by atoms with Crippen molar-refractivity contribution in [3.8, 4) is 0 Å². The van der Waals surface area contributed by atoms with Gasteiger partial charge in [0.25, 0.3) is 0 Å². The quantitative estimate of drug-likeness (QED) is 0.865. The molecule has 3 rings (SSSR count). The van der Waals surface area contributed by atoms with Crippen LogP contribution in [0.1, 0.15) is 19.8 Å². The Hall–Kier alpha value is -1.77. The van der Waals surface area contributed by atoms with Gasteiger partial charge in [-0.15, -0.1) is 0 Å². The Labute approximate surface area is 108 Å². The van der Waals surface area contributed by atoms with E-state index in [1.54, 1.807) is 0 Å². The molecule has 0 radical (unpaired) electrons. The first-order valence-electron chi connectivity index (χ1n) is 6.66. The standard InChI is InChI=1S/C15H19N3/c1-12(13-7-8-13)11-18-10-9-16-15(18)17-14-5-3-2-4-6-14/h2-6,9-10,12-13H,7-8,11H2,1H3,(H,16,17). The fourth-order valence-electron chi connectivity index (χ4n) is 2.36. The molecule has 1 unspecified atom stereocenters. The smallest absolute Gasteiger partial charge is 0.207 e. The Morgan fingerprint density at radius 3 is 2.83 bits per heavy atom. The van der Waals surface area contributed by atoms with Gasteiger partial charge in [-0.1, -0.05) is 25.1 Å². The number of benzene rings is 1. The third kappa shape index (κ3) is 2.55. The molecule has 18 heavy (non-hydrogen) atoms. The first-order chi connectivity index (χ1) is 8.83. The molecule has 1 aromatic carbocycles. The highest BCUT2D eigenvalue weighted by molar-refractivity contribution is 5.52. The molecule has 1 aromatic heterocycles. The van der Waals surface area contributed by atoms with E-state index in [1.807, 2.05) is 24.4 Å². The number of imidazole rings is 1. The number of hydrogen-bond acceptors (Lipinski definition) is 2. The number of nitrogens with one attached hydrogen (secondary N) is 1. The van der Waals surface area contributed by atoms with Gasteiger partial charge in [-0.2, -0.15) is 0 Å². The summed E-state index contributed by atoms with van der Waals surface area (Å²) in [5, 5.41) is 3.37. The molecule has 0 saturated heterocycles. The second-order valence-corrected chi connectivity index (χ2v) is 5.21. The summed E-state index contributed by atoms with van der Waals surface area (Å²) >= 11 is 0. The first-order valence-corrected chi connectivity index (χ1v) is 6.66. The third-order valence-corrected chi connectivity index (χ3v) is 3.66. The summed E-state index contributed by atoms with van der Waals surface area (Å²) < 4.78 is 2.22. The van der Waals surface area contributed by atoms with Crippen molar-refractivity contribution in [3.63, 3.8) is 0 Å². The van der Waals surface area contributed by atoms with Crippen LogP contribution in [0.25, 0.3) is 0 Å². The van der Waals surface area contributed by atoms with Crippen molar-refractivity contribution < 1.29 is 0 Å². The lowest BCUT2D eigenvalue weighted by molar-refractivity contribution is 0.433. The Balaban J connectivity index is 1.70. The summed E-state index contributed by atoms with van der Waals surface area (Å²) in [5.41, 5.74) is 1.09. The van der Waals surface area contributed by atoms with E-state index in [2.05, 4.69) is 40.1 Å². The molecule has 1 heterocycles. The van der Waals surface area contributed by atoms with Crippen molar-refractivity contribution in [1.29, 1.82) is 0 Å². The van der Waals surface area contributed by atoms with Crippen molar-refractivity contribution in [1.82, 2.24) is 9.55 Å². The molecular formula is C15H19N3. The molecule has 0 aliphatic heterocycles. The first kappa shape index (κ1) is 11.3. The maximum absolute atomic E-state index is 4.40. The Bertz CT molecular complexity index is 499. The fourth-order valence-corrected chi connectivity index (χ4v) is 2.36. The molecule has 1 aliphatic carbocycles. The van der Waals surface area contributed by atoms with Crippen LogP contribution in [0, 0.1) is 11.8 Å². The predicted octanol–water partition coefficient (Wildman–Crippen LogP) is 3.67. The van der Waals surface area contributed by atoms with E-state index in [-0.39, 0.29) is 0 Å². The van der Waals surface area contributed by atoms with Crippen molar-refractivity contribution >= 4 is 11.6 Å². The van der Waals surface area contributed by atoms with E-state index in [4.69, 9.17) is 0 Å². The van der Waals surface area contributed by atoms with Gasteiger partial charge in [-0.25, -0.2) is 4.98 Å². The highest BCUT2D eigenvalue weighted by atomic mass is 15.2.